The van der Waals surface area contributed by atoms with Gasteiger partial charge in [-0.1, -0.05) is 36.7 Å². The Balaban J connectivity index is 2.81. The van der Waals surface area contributed by atoms with E-state index in [0.717, 1.165) is 0 Å². The molecule has 4 nitrogen and oxygen atoms in total. The van der Waals surface area contributed by atoms with Crippen molar-refractivity contribution >= 4 is 21.7 Å². The summed E-state index contributed by atoms with van der Waals surface area (Å²) in [6, 6.07) is 0. The lowest BCUT2D eigenvalue weighted by molar-refractivity contribution is -0.127. The molecule has 0 bridgehead atoms. The quantitative estimate of drug-likeness (QED) is 0.747. The Morgan fingerprint density at radius 1 is 1.54 bits per heavy atom. The topological polar surface area (TPSA) is 47.8 Å². The monoisotopic (exact) mass is 245 g/mol. The minimum absolute atomic E-state index is 0.0815. The molecule has 0 amide bonds. The van der Waals surface area contributed by atoms with Gasteiger partial charge in [0.25, 0.3) is 0 Å². The molecule has 0 spiro atoms. The van der Waals surface area contributed by atoms with Crippen molar-refractivity contribution in [2.24, 2.45) is 5.41 Å². The third-order valence-electron chi connectivity index (χ3n) is 1.62. The van der Waals surface area contributed by atoms with Crippen LogP contribution in [0.15, 0.2) is 12.7 Å². The summed E-state index contributed by atoms with van der Waals surface area (Å²) in [5, 5.41) is 3.89. The zero-order valence-electron chi connectivity index (χ0n) is 7.86. The largest absolute Gasteiger partial charge is 0.296 e. The Morgan fingerprint density at radius 2 is 2.15 bits per heavy atom. The third kappa shape index (κ3) is 2.37. The molecule has 0 aliphatic heterocycles. The summed E-state index contributed by atoms with van der Waals surface area (Å²) < 4.78 is 1.49. The second-order valence-electron chi connectivity index (χ2n) is 3.83. The van der Waals surface area contributed by atoms with Gasteiger partial charge in [0.2, 0.25) is 0 Å². The molecule has 72 valence electrons. The normalized spacial score (nSPS) is 14.2. The average Bonchev–Trinajstić information content (AvgIpc) is 2.51. The van der Waals surface area contributed by atoms with Crippen molar-refractivity contribution in [3.8, 4) is 0 Å². The van der Waals surface area contributed by atoms with Crippen molar-refractivity contribution in [2.75, 3.05) is 0 Å². The van der Waals surface area contributed by atoms with Crippen LogP contribution in [-0.4, -0.2) is 20.5 Å². The molecule has 0 aliphatic carbocycles. The molecule has 0 radical (unpaired) electrons. The highest BCUT2D eigenvalue weighted by molar-refractivity contribution is 9.09. The number of halogens is 1. The number of carbonyl (C=O) groups is 1. The van der Waals surface area contributed by atoms with Crippen LogP contribution in [0.2, 0.25) is 0 Å². The van der Waals surface area contributed by atoms with Crippen molar-refractivity contribution in [1.29, 1.82) is 0 Å². The molecule has 13 heavy (non-hydrogen) atoms. The Bertz CT molecular complexity index is 289. The number of alkyl halides is 1. The number of carbonyl (C=O) groups excluding carboxylic acids is 1. The molecule has 0 aliphatic rings. The van der Waals surface area contributed by atoms with E-state index in [1.807, 2.05) is 20.8 Å². The van der Waals surface area contributed by atoms with Crippen molar-refractivity contribution in [1.82, 2.24) is 14.8 Å². The first-order valence-corrected chi connectivity index (χ1v) is 4.87. The lowest BCUT2D eigenvalue weighted by Crippen LogP contribution is -2.27. The van der Waals surface area contributed by atoms with Gasteiger partial charge in [-0.15, -0.1) is 0 Å². The molecule has 0 fully saturated rings. The molecule has 0 aromatic carbocycles. The lowest BCUT2D eigenvalue weighted by atomic mass is 9.91. The predicted octanol–water partition coefficient (Wildman–Crippen LogP) is 1.79. The van der Waals surface area contributed by atoms with E-state index in [-0.39, 0.29) is 11.2 Å². The molecular formula is C8H12BrN3O. The first-order valence-electron chi connectivity index (χ1n) is 3.95. The van der Waals surface area contributed by atoms with Crippen LogP contribution < -0.4 is 0 Å². The summed E-state index contributed by atoms with van der Waals surface area (Å²) in [5.74, 6) is 0.0815. The van der Waals surface area contributed by atoms with Crippen molar-refractivity contribution in [2.45, 2.75) is 25.7 Å². The molecule has 0 N–H and O–H groups in total. The lowest BCUT2D eigenvalue weighted by Gasteiger charge is -2.20. The first-order chi connectivity index (χ1) is 5.93. The smallest absolute Gasteiger partial charge is 0.173 e. The van der Waals surface area contributed by atoms with E-state index >= 15 is 0 Å². The van der Waals surface area contributed by atoms with Crippen LogP contribution >= 0.6 is 15.9 Å². The fraction of sp³-hybridized carbons (Fsp3) is 0.625. The van der Waals surface area contributed by atoms with E-state index in [1.165, 1.54) is 17.3 Å². The van der Waals surface area contributed by atoms with Gasteiger partial charge < -0.3 is 0 Å². The van der Waals surface area contributed by atoms with E-state index in [2.05, 4.69) is 26.0 Å². The minimum Gasteiger partial charge on any atom is -0.296 e. The summed E-state index contributed by atoms with van der Waals surface area (Å²) in [6.45, 7) is 5.63. The molecule has 0 saturated carbocycles. The molecule has 1 unspecified atom stereocenters. The number of ketones is 1. The number of aromatic nitrogens is 3. The van der Waals surface area contributed by atoms with Crippen LogP contribution in [0.3, 0.4) is 0 Å². The Kier molecular flexibility index (Phi) is 2.85. The highest BCUT2D eigenvalue weighted by atomic mass is 79.9. The number of hydrogen-bond acceptors (Lipinski definition) is 3. The van der Waals surface area contributed by atoms with Crippen LogP contribution in [0.4, 0.5) is 0 Å². The fourth-order valence-electron chi connectivity index (χ4n) is 0.812. The molecule has 0 saturated heterocycles. The van der Waals surface area contributed by atoms with Crippen LogP contribution in [0.5, 0.6) is 0 Å². The molecule has 1 aromatic heterocycles. The van der Waals surface area contributed by atoms with Gasteiger partial charge >= 0.3 is 0 Å². The van der Waals surface area contributed by atoms with E-state index in [0.29, 0.717) is 0 Å². The second kappa shape index (κ2) is 3.57. The van der Waals surface area contributed by atoms with Gasteiger partial charge in [-0.05, 0) is 0 Å². The van der Waals surface area contributed by atoms with Gasteiger partial charge in [-0.25, -0.2) is 9.67 Å². The molecule has 1 aromatic rings. The SMILES string of the molecule is CC(C)(C)C(=O)C(Br)n1cncn1. The van der Waals surface area contributed by atoms with Gasteiger partial charge in [0.1, 0.15) is 12.7 Å². The fourth-order valence-corrected chi connectivity index (χ4v) is 1.71. The van der Waals surface area contributed by atoms with Gasteiger partial charge in [-0.3, -0.25) is 4.79 Å². The van der Waals surface area contributed by atoms with Gasteiger partial charge in [0, 0.05) is 5.41 Å². The van der Waals surface area contributed by atoms with Crippen LogP contribution in [0, 0.1) is 5.41 Å². The second-order valence-corrected chi connectivity index (χ2v) is 4.69. The minimum atomic E-state index is -0.421. The maximum absolute atomic E-state index is 11.7. The van der Waals surface area contributed by atoms with Crippen LogP contribution in [-0.2, 0) is 4.79 Å². The van der Waals surface area contributed by atoms with Gasteiger partial charge in [0.05, 0.1) is 0 Å². The first kappa shape index (κ1) is 10.4. The molecule has 1 atom stereocenters. The van der Waals surface area contributed by atoms with E-state index < -0.39 is 4.95 Å². The third-order valence-corrected chi connectivity index (χ3v) is 2.46. The number of rotatable bonds is 2. The highest BCUT2D eigenvalue weighted by Crippen LogP contribution is 2.26. The molecule has 1 rings (SSSR count). The average molecular weight is 246 g/mol. The molecule has 1 heterocycles. The Labute approximate surface area is 85.5 Å². The summed E-state index contributed by atoms with van der Waals surface area (Å²) in [4.78, 5) is 15.1. The summed E-state index contributed by atoms with van der Waals surface area (Å²) >= 11 is 3.28. The maximum atomic E-state index is 11.7. The molecule has 5 heteroatoms. The zero-order valence-corrected chi connectivity index (χ0v) is 9.45. The summed E-state index contributed by atoms with van der Waals surface area (Å²) in [6.07, 6.45) is 2.92. The Morgan fingerprint density at radius 3 is 2.54 bits per heavy atom. The highest BCUT2D eigenvalue weighted by Gasteiger charge is 2.29. The standard InChI is InChI=1S/C8H12BrN3O/c1-8(2,3)6(13)7(9)12-5-10-4-11-12/h4-5,7H,1-3H3. The van der Waals surface area contributed by atoms with Gasteiger partial charge in [-0.2, -0.15) is 5.10 Å². The summed E-state index contributed by atoms with van der Waals surface area (Å²) in [7, 11) is 0. The van der Waals surface area contributed by atoms with Gasteiger partial charge in [0.15, 0.2) is 10.7 Å². The Hall–Kier alpha value is -0.710. The predicted molar refractivity (Wildman–Crippen MR) is 52.4 cm³/mol. The van der Waals surface area contributed by atoms with E-state index in [9.17, 15) is 4.79 Å². The van der Waals surface area contributed by atoms with Crippen molar-refractivity contribution in [3.63, 3.8) is 0 Å². The number of nitrogens with zero attached hydrogens (tertiary/aromatic N) is 3. The maximum Gasteiger partial charge on any atom is 0.173 e. The van der Waals surface area contributed by atoms with Crippen molar-refractivity contribution < 1.29 is 4.79 Å². The number of Topliss-reactive ketones (excluding diaryl/α,β-unsaturated/α-hetero) is 1. The zero-order chi connectivity index (χ0) is 10.1. The van der Waals surface area contributed by atoms with Crippen LogP contribution in [0.25, 0.3) is 0 Å². The van der Waals surface area contributed by atoms with Crippen molar-refractivity contribution in [3.05, 3.63) is 12.7 Å². The van der Waals surface area contributed by atoms with E-state index in [1.54, 1.807) is 0 Å². The number of hydrogen-bond donors (Lipinski definition) is 0. The van der Waals surface area contributed by atoms with Crippen LogP contribution in [0.1, 0.15) is 25.7 Å². The molecular weight excluding hydrogens is 234 g/mol. The van der Waals surface area contributed by atoms with E-state index in [4.69, 9.17) is 0 Å². The summed E-state index contributed by atoms with van der Waals surface area (Å²) in [5.41, 5.74) is -0.375.